The van der Waals surface area contributed by atoms with Crippen LogP contribution in [-0.4, -0.2) is 32.8 Å². The molecule has 0 unspecified atom stereocenters. The van der Waals surface area contributed by atoms with E-state index < -0.39 is 0 Å². The van der Waals surface area contributed by atoms with Gasteiger partial charge in [-0.05, 0) is 79.3 Å². The molecule has 0 atom stereocenters. The molecular weight excluding hydrogens is 462 g/mol. The van der Waals surface area contributed by atoms with Crippen molar-refractivity contribution in [3.63, 3.8) is 0 Å². The number of carbonyl (C=O) groups is 1. The van der Waals surface area contributed by atoms with Gasteiger partial charge in [0.05, 0.1) is 31.6 Å². The molecule has 2 heterocycles. The first-order chi connectivity index (χ1) is 16.9. The van der Waals surface area contributed by atoms with Crippen LogP contribution >= 0.6 is 11.9 Å². The normalized spacial score (nSPS) is 15.9. The highest BCUT2D eigenvalue weighted by molar-refractivity contribution is 8.00. The van der Waals surface area contributed by atoms with Crippen LogP contribution in [0.15, 0.2) is 58.0 Å². The van der Waals surface area contributed by atoms with E-state index in [2.05, 4.69) is 23.4 Å². The Morgan fingerprint density at radius 1 is 1.09 bits per heavy atom. The molecule has 0 bridgehead atoms. The number of hydrogen-bond acceptors (Lipinski definition) is 7. The van der Waals surface area contributed by atoms with E-state index in [9.17, 15) is 4.79 Å². The maximum atomic E-state index is 11.7. The van der Waals surface area contributed by atoms with Crippen LogP contribution in [0.1, 0.15) is 46.2 Å². The number of aryl methyl sites for hydroxylation is 3. The summed E-state index contributed by atoms with van der Waals surface area (Å²) in [6.07, 6.45) is 3.34. The van der Waals surface area contributed by atoms with Crippen molar-refractivity contribution in [1.82, 2.24) is 0 Å². The van der Waals surface area contributed by atoms with Crippen LogP contribution < -0.4 is 9.04 Å². The van der Waals surface area contributed by atoms with Gasteiger partial charge in [-0.1, -0.05) is 19.1 Å². The smallest absolute Gasteiger partial charge is 0.337 e. The van der Waals surface area contributed by atoms with Gasteiger partial charge in [0.1, 0.15) is 18.1 Å². The number of hydrogen-bond donors (Lipinski definition) is 0. The molecule has 1 aromatic heterocycles. The van der Waals surface area contributed by atoms with Gasteiger partial charge in [0.2, 0.25) is 0 Å². The maximum Gasteiger partial charge on any atom is 0.337 e. The van der Waals surface area contributed by atoms with E-state index in [0.29, 0.717) is 12.2 Å². The zero-order chi connectivity index (χ0) is 24.4. The lowest BCUT2D eigenvalue weighted by Gasteiger charge is -2.42. The number of fused-ring (bicyclic) bond motifs is 1. The zero-order valence-corrected chi connectivity index (χ0v) is 21.3. The molecule has 6 nitrogen and oxygen atoms in total. The van der Waals surface area contributed by atoms with E-state index in [4.69, 9.17) is 18.6 Å². The molecular formula is C28H31NO5S. The first kappa shape index (κ1) is 23.8. The van der Waals surface area contributed by atoms with E-state index in [-0.39, 0.29) is 11.4 Å². The molecule has 1 aliphatic carbocycles. The van der Waals surface area contributed by atoms with Crippen LogP contribution in [0.2, 0.25) is 0 Å². The third-order valence-corrected chi connectivity index (χ3v) is 7.50. The molecule has 184 valence electrons. The summed E-state index contributed by atoms with van der Waals surface area (Å²) in [6, 6.07) is 15.9. The van der Waals surface area contributed by atoms with Crippen molar-refractivity contribution < 1.29 is 23.4 Å². The van der Waals surface area contributed by atoms with Crippen molar-refractivity contribution in [3.05, 3.63) is 76.5 Å². The highest BCUT2D eigenvalue weighted by Gasteiger charge is 2.37. The molecule has 0 saturated carbocycles. The van der Waals surface area contributed by atoms with Crippen molar-refractivity contribution in [1.29, 1.82) is 0 Å². The van der Waals surface area contributed by atoms with Crippen molar-refractivity contribution in [2.24, 2.45) is 5.41 Å². The maximum absolute atomic E-state index is 11.7. The molecule has 1 aliphatic heterocycles. The zero-order valence-electron chi connectivity index (χ0n) is 20.5. The lowest BCUT2D eigenvalue weighted by molar-refractivity contribution is -0.0939. The Bertz CT molecular complexity index is 1200. The van der Waals surface area contributed by atoms with Crippen LogP contribution in [0, 0.1) is 12.3 Å². The van der Waals surface area contributed by atoms with E-state index in [0.717, 1.165) is 60.5 Å². The third kappa shape index (κ3) is 5.36. The number of ether oxygens (including phenoxy) is 3. The first-order valence-electron chi connectivity index (χ1n) is 12.0. The average Bonchev–Trinajstić information content (AvgIpc) is 3.48. The molecule has 0 amide bonds. The Balaban J connectivity index is 1.43. The fraction of sp³-hybridized carbons (Fsp3) is 0.393. The highest BCUT2D eigenvalue weighted by Crippen LogP contribution is 2.43. The minimum atomic E-state index is -0.340. The third-order valence-electron chi connectivity index (χ3n) is 6.55. The van der Waals surface area contributed by atoms with Crippen molar-refractivity contribution in [2.75, 3.05) is 31.2 Å². The van der Waals surface area contributed by atoms with E-state index >= 15 is 0 Å². The van der Waals surface area contributed by atoms with Crippen molar-refractivity contribution in [3.8, 4) is 5.75 Å². The van der Waals surface area contributed by atoms with Crippen molar-refractivity contribution in [2.45, 2.75) is 44.8 Å². The Labute approximate surface area is 210 Å². The fourth-order valence-corrected chi connectivity index (χ4v) is 5.67. The summed E-state index contributed by atoms with van der Waals surface area (Å²) in [5, 5.41) is 0.858. The topological polar surface area (TPSA) is 61.1 Å². The fourth-order valence-electron chi connectivity index (χ4n) is 4.54. The molecule has 3 aromatic rings. The summed E-state index contributed by atoms with van der Waals surface area (Å²) >= 11 is 1.61. The molecule has 0 radical (unpaired) electrons. The Morgan fingerprint density at radius 2 is 1.83 bits per heavy atom. The second kappa shape index (κ2) is 9.99. The number of nitrogens with zero attached hydrogens (tertiary/aromatic N) is 1. The summed E-state index contributed by atoms with van der Waals surface area (Å²) in [4.78, 5) is 11.7. The van der Waals surface area contributed by atoms with E-state index in [1.807, 2.05) is 31.2 Å². The standard InChI is InChI=1S/C28H31NO5S/c1-19-7-12-26(34-19)35-29(16-28(2)17-32-18-28)24-13-22-5-4-6-23(22)14-25(24)33-15-20-8-10-21(11-9-20)27(30)31-3/h7-14H,4-6,15-18H2,1-3H3. The lowest BCUT2D eigenvalue weighted by Crippen LogP contribution is -2.47. The van der Waals surface area contributed by atoms with Crippen LogP contribution in [0.3, 0.4) is 0 Å². The largest absolute Gasteiger partial charge is 0.487 e. The SMILES string of the molecule is COC(=O)c1ccc(COc2cc3c(cc2N(CC2(C)COC2)Sc2ccc(C)o2)CCC3)cc1. The van der Waals surface area contributed by atoms with Crippen LogP contribution in [-0.2, 0) is 28.9 Å². The number of furan rings is 1. The lowest BCUT2D eigenvalue weighted by atomic mass is 9.88. The Kier molecular flexibility index (Phi) is 6.80. The highest BCUT2D eigenvalue weighted by atomic mass is 32.2. The van der Waals surface area contributed by atoms with Gasteiger partial charge in [0.15, 0.2) is 5.09 Å². The van der Waals surface area contributed by atoms with Gasteiger partial charge in [-0.3, -0.25) is 0 Å². The second-order valence-corrected chi connectivity index (χ2v) is 10.7. The minimum absolute atomic E-state index is 0.0780. The first-order valence-corrected chi connectivity index (χ1v) is 12.8. The molecule has 5 rings (SSSR count). The number of methoxy groups -OCH3 is 1. The minimum Gasteiger partial charge on any atom is -0.487 e. The van der Waals surface area contributed by atoms with Crippen LogP contribution in [0.4, 0.5) is 5.69 Å². The Morgan fingerprint density at radius 3 is 2.46 bits per heavy atom. The second-order valence-electron chi connectivity index (χ2n) is 9.72. The number of esters is 1. The summed E-state index contributed by atoms with van der Waals surface area (Å²) in [6.45, 7) is 6.94. The number of anilines is 1. The predicted molar refractivity (Wildman–Crippen MR) is 136 cm³/mol. The number of rotatable bonds is 9. The van der Waals surface area contributed by atoms with Gasteiger partial charge < -0.3 is 22.9 Å². The summed E-state index contributed by atoms with van der Waals surface area (Å²) in [5.41, 5.74) is 5.41. The predicted octanol–water partition coefficient (Wildman–Crippen LogP) is 5.99. The van der Waals surface area contributed by atoms with Crippen LogP contribution in [0.5, 0.6) is 5.75 Å². The van der Waals surface area contributed by atoms with E-state index in [1.165, 1.54) is 24.7 Å². The molecule has 2 aliphatic rings. The van der Waals surface area contributed by atoms with Crippen molar-refractivity contribution >= 4 is 23.6 Å². The summed E-state index contributed by atoms with van der Waals surface area (Å²) in [5.74, 6) is 1.42. The molecule has 2 aromatic carbocycles. The van der Waals surface area contributed by atoms with Gasteiger partial charge >= 0.3 is 5.97 Å². The molecule has 35 heavy (non-hydrogen) atoms. The monoisotopic (exact) mass is 493 g/mol. The molecule has 7 heteroatoms. The van der Waals surface area contributed by atoms with Gasteiger partial charge in [0.25, 0.3) is 0 Å². The Hall–Kier alpha value is -2.90. The van der Waals surface area contributed by atoms with Crippen LogP contribution in [0.25, 0.3) is 0 Å². The molecule has 1 fully saturated rings. The molecule has 1 saturated heterocycles. The van der Waals surface area contributed by atoms with Gasteiger partial charge in [0, 0.05) is 23.9 Å². The van der Waals surface area contributed by atoms with E-state index in [1.54, 1.807) is 24.1 Å². The molecule has 0 N–H and O–H groups in total. The molecule has 0 spiro atoms. The van der Waals surface area contributed by atoms with Gasteiger partial charge in [-0.25, -0.2) is 4.79 Å². The number of carbonyl (C=O) groups excluding carboxylic acids is 1. The summed E-state index contributed by atoms with van der Waals surface area (Å²) < 4.78 is 25.0. The van der Waals surface area contributed by atoms with Gasteiger partial charge in [-0.15, -0.1) is 0 Å². The number of benzene rings is 2. The quantitative estimate of drug-likeness (QED) is 0.268. The van der Waals surface area contributed by atoms with Gasteiger partial charge in [-0.2, -0.15) is 0 Å². The average molecular weight is 494 g/mol. The summed E-state index contributed by atoms with van der Waals surface area (Å²) in [7, 11) is 1.39.